The summed E-state index contributed by atoms with van der Waals surface area (Å²) >= 11 is 0. The summed E-state index contributed by atoms with van der Waals surface area (Å²) in [6.07, 6.45) is 3.39. The number of rotatable bonds is 5. The van der Waals surface area contributed by atoms with Crippen LogP contribution in [-0.4, -0.2) is 47.5 Å². The van der Waals surface area contributed by atoms with Crippen molar-refractivity contribution in [2.45, 2.75) is 44.9 Å². The molecule has 2 aliphatic rings. The smallest absolute Gasteiger partial charge is 0.240 e. The van der Waals surface area contributed by atoms with Crippen molar-refractivity contribution >= 4 is 5.91 Å². The van der Waals surface area contributed by atoms with E-state index < -0.39 is 0 Å². The maximum Gasteiger partial charge on any atom is 0.240 e. The fraction of sp³-hybridized carbons (Fsp3) is 0.435. The Morgan fingerprint density at radius 2 is 1.89 bits per heavy atom. The fourth-order valence-corrected chi connectivity index (χ4v) is 4.06. The van der Waals surface area contributed by atoms with E-state index >= 15 is 0 Å². The minimum absolute atomic E-state index is 0.0128. The Morgan fingerprint density at radius 1 is 1.07 bits per heavy atom. The molecular weight excluding hydrogens is 336 g/mol. The van der Waals surface area contributed by atoms with Gasteiger partial charge in [0.1, 0.15) is 11.9 Å². The lowest BCUT2D eigenvalue weighted by molar-refractivity contribution is -0.147. The van der Waals surface area contributed by atoms with E-state index in [-0.39, 0.29) is 18.1 Å². The van der Waals surface area contributed by atoms with Crippen LogP contribution < -0.4 is 4.74 Å². The van der Waals surface area contributed by atoms with E-state index in [4.69, 9.17) is 4.74 Å². The number of ether oxygens (including phenoxy) is 1. The number of carbonyl (C=O) groups is 1. The van der Waals surface area contributed by atoms with Gasteiger partial charge in [-0.05, 0) is 49.6 Å². The average molecular weight is 364 g/mol. The molecule has 0 bridgehead atoms. The molecule has 0 aromatic heterocycles. The van der Waals surface area contributed by atoms with Crippen LogP contribution in [0.2, 0.25) is 0 Å². The predicted octanol–water partition coefficient (Wildman–Crippen LogP) is 3.64. The Labute approximate surface area is 161 Å². The molecule has 4 nitrogen and oxygen atoms in total. The Bertz CT molecular complexity index is 771. The summed E-state index contributed by atoms with van der Waals surface area (Å²) in [5, 5.41) is 0. The average Bonchev–Trinajstić information content (AvgIpc) is 2.65. The van der Waals surface area contributed by atoms with E-state index in [9.17, 15) is 4.79 Å². The van der Waals surface area contributed by atoms with Crippen LogP contribution >= 0.6 is 0 Å². The van der Waals surface area contributed by atoms with Gasteiger partial charge in [0, 0.05) is 6.54 Å². The van der Waals surface area contributed by atoms with E-state index in [1.54, 1.807) is 0 Å². The molecule has 2 saturated heterocycles. The van der Waals surface area contributed by atoms with E-state index in [0.717, 1.165) is 31.7 Å². The zero-order chi connectivity index (χ0) is 18.6. The first kappa shape index (κ1) is 18.1. The highest BCUT2D eigenvalue weighted by Crippen LogP contribution is 2.25. The molecule has 2 aromatic rings. The maximum atomic E-state index is 13.1. The third-order valence-electron chi connectivity index (χ3n) is 5.58. The molecular formula is C23H28N2O2. The summed E-state index contributed by atoms with van der Waals surface area (Å²) in [4.78, 5) is 17.4. The van der Waals surface area contributed by atoms with Gasteiger partial charge in [0.2, 0.25) is 5.91 Å². The van der Waals surface area contributed by atoms with Crippen molar-refractivity contribution in [3.05, 3.63) is 65.7 Å². The number of nitrogens with zero attached hydrogens (tertiary/aromatic N) is 2. The molecule has 0 spiro atoms. The topological polar surface area (TPSA) is 32.8 Å². The molecule has 0 saturated carbocycles. The molecule has 4 heteroatoms. The van der Waals surface area contributed by atoms with Crippen LogP contribution in [0.4, 0.5) is 0 Å². The summed E-state index contributed by atoms with van der Waals surface area (Å²) in [7, 11) is 0. The van der Waals surface area contributed by atoms with Crippen molar-refractivity contribution in [2.24, 2.45) is 0 Å². The predicted molar refractivity (Wildman–Crippen MR) is 107 cm³/mol. The van der Waals surface area contributed by atoms with Crippen molar-refractivity contribution < 1.29 is 9.53 Å². The van der Waals surface area contributed by atoms with Crippen LogP contribution in [0, 0.1) is 6.92 Å². The number of hydrogen-bond acceptors (Lipinski definition) is 3. The molecule has 1 atom stereocenters. The summed E-state index contributed by atoms with van der Waals surface area (Å²) in [5.74, 6) is 1.17. The summed E-state index contributed by atoms with van der Waals surface area (Å²) in [5.41, 5.74) is 2.47. The highest BCUT2D eigenvalue weighted by Gasteiger charge is 2.38. The zero-order valence-electron chi connectivity index (χ0n) is 16.0. The van der Waals surface area contributed by atoms with Gasteiger partial charge in [0.05, 0.1) is 19.1 Å². The molecule has 1 amide bonds. The molecule has 0 aliphatic carbocycles. The molecule has 0 N–H and O–H groups in total. The van der Waals surface area contributed by atoms with Crippen molar-refractivity contribution in [1.82, 2.24) is 9.80 Å². The van der Waals surface area contributed by atoms with Crippen molar-refractivity contribution in [3.63, 3.8) is 0 Å². The lowest BCUT2D eigenvalue weighted by atomic mass is 9.98. The molecule has 0 unspecified atom stereocenters. The lowest BCUT2D eigenvalue weighted by Gasteiger charge is -2.44. The Morgan fingerprint density at radius 3 is 2.67 bits per heavy atom. The van der Waals surface area contributed by atoms with Crippen molar-refractivity contribution in [3.8, 4) is 5.75 Å². The van der Waals surface area contributed by atoms with Gasteiger partial charge < -0.3 is 9.64 Å². The van der Waals surface area contributed by atoms with Gasteiger partial charge in [-0.3, -0.25) is 9.69 Å². The second-order valence-corrected chi connectivity index (χ2v) is 7.77. The monoisotopic (exact) mass is 364 g/mol. The number of amides is 1. The Hall–Kier alpha value is -2.33. The van der Waals surface area contributed by atoms with Crippen LogP contribution in [0.15, 0.2) is 54.6 Å². The third-order valence-corrected chi connectivity index (χ3v) is 5.58. The number of hydrogen-bond donors (Lipinski definition) is 0. The van der Waals surface area contributed by atoms with Gasteiger partial charge in [-0.25, -0.2) is 0 Å². The first-order valence-electron chi connectivity index (χ1n) is 9.99. The number of piperidine rings is 1. The molecule has 2 aromatic carbocycles. The largest absolute Gasteiger partial charge is 0.487 e. The van der Waals surface area contributed by atoms with Gasteiger partial charge in [0.15, 0.2) is 0 Å². The highest BCUT2D eigenvalue weighted by atomic mass is 16.5. The second-order valence-electron chi connectivity index (χ2n) is 7.77. The van der Waals surface area contributed by atoms with Crippen molar-refractivity contribution in [1.29, 1.82) is 0 Å². The summed E-state index contributed by atoms with van der Waals surface area (Å²) < 4.78 is 6.01. The van der Waals surface area contributed by atoms with Crippen LogP contribution in [0.1, 0.15) is 30.4 Å². The third kappa shape index (κ3) is 4.33. The van der Waals surface area contributed by atoms with Gasteiger partial charge in [-0.1, -0.05) is 48.9 Å². The minimum atomic E-state index is 0.0128. The Balaban J connectivity index is 1.33. The van der Waals surface area contributed by atoms with E-state index in [0.29, 0.717) is 13.1 Å². The lowest BCUT2D eigenvalue weighted by Crippen LogP contribution is -2.61. The minimum Gasteiger partial charge on any atom is -0.487 e. The van der Waals surface area contributed by atoms with E-state index in [1.165, 1.54) is 17.5 Å². The molecule has 2 heterocycles. The SMILES string of the molecule is Cc1cccc(OC2CN(C(=O)[C@@H]3CCCCN3Cc3ccccc3)C2)c1. The van der Waals surface area contributed by atoms with Crippen LogP contribution in [0.5, 0.6) is 5.75 Å². The van der Waals surface area contributed by atoms with Gasteiger partial charge in [-0.15, -0.1) is 0 Å². The number of aryl methyl sites for hydroxylation is 1. The van der Waals surface area contributed by atoms with Crippen LogP contribution in [0.3, 0.4) is 0 Å². The van der Waals surface area contributed by atoms with Crippen molar-refractivity contribution in [2.75, 3.05) is 19.6 Å². The molecule has 2 aliphatic heterocycles. The second kappa shape index (κ2) is 8.13. The number of likely N-dealkylation sites (tertiary alicyclic amines) is 2. The van der Waals surface area contributed by atoms with Gasteiger partial charge in [0.25, 0.3) is 0 Å². The van der Waals surface area contributed by atoms with Gasteiger partial charge in [-0.2, -0.15) is 0 Å². The number of carbonyl (C=O) groups excluding carboxylic acids is 1. The number of benzene rings is 2. The van der Waals surface area contributed by atoms with E-state index in [2.05, 4.69) is 42.2 Å². The maximum absolute atomic E-state index is 13.1. The molecule has 4 rings (SSSR count). The van der Waals surface area contributed by atoms with E-state index in [1.807, 2.05) is 29.2 Å². The van der Waals surface area contributed by atoms with Crippen LogP contribution in [0.25, 0.3) is 0 Å². The molecule has 0 radical (unpaired) electrons. The van der Waals surface area contributed by atoms with Gasteiger partial charge >= 0.3 is 0 Å². The fourth-order valence-electron chi connectivity index (χ4n) is 4.06. The first-order chi connectivity index (χ1) is 13.2. The zero-order valence-corrected chi connectivity index (χ0v) is 16.0. The molecule has 142 valence electrons. The normalized spacial score (nSPS) is 20.9. The summed E-state index contributed by atoms with van der Waals surface area (Å²) in [6, 6.07) is 18.6. The molecule has 27 heavy (non-hydrogen) atoms. The summed E-state index contributed by atoms with van der Waals surface area (Å²) in [6.45, 7) is 5.31. The Kier molecular flexibility index (Phi) is 5.44. The quantitative estimate of drug-likeness (QED) is 0.812. The molecule has 2 fully saturated rings. The highest BCUT2D eigenvalue weighted by molar-refractivity contribution is 5.82. The standard InChI is InChI=1S/C23H28N2O2/c1-18-8-7-11-20(14-18)27-21-16-25(17-21)23(26)22-12-5-6-13-24(22)15-19-9-3-2-4-10-19/h2-4,7-11,14,21-22H,5-6,12-13,15-17H2,1H3/t22-/m0/s1. The van der Waals surface area contributed by atoms with Crippen LogP contribution in [-0.2, 0) is 11.3 Å². The first-order valence-corrected chi connectivity index (χ1v) is 9.99.